The third-order valence-corrected chi connectivity index (χ3v) is 5.26. The Morgan fingerprint density at radius 3 is 2.75 bits per heavy atom. The highest BCUT2D eigenvalue weighted by Gasteiger charge is 2.12. The number of anilines is 1. The Hall–Kier alpha value is -1.65. The van der Waals surface area contributed by atoms with Gasteiger partial charge < -0.3 is 5.32 Å². The van der Waals surface area contributed by atoms with Crippen molar-refractivity contribution in [2.45, 2.75) is 6.92 Å². The van der Waals surface area contributed by atoms with Crippen LogP contribution in [0, 0.1) is 6.92 Å². The molecule has 4 heteroatoms. The molecule has 0 atom stereocenters. The number of aryl methyl sites for hydroxylation is 1. The molecule has 1 amide bonds. The monoisotopic (exact) mass is 345 g/mol. The third-order valence-electron chi connectivity index (χ3n) is 3.09. The zero-order valence-corrected chi connectivity index (χ0v) is 13.2. The van der Waals surface area contributed by atoms with Crippen LogP contribution in [-0.4, -0.2) is 5.91 Å². The first-order valence-corrected chi connectivity index (χ1v) is 7.81. The molecule has 0 unspecified atom stereocenters. The van der Waals surface area contributed by atoms with Crippen LogP contribution in [0.2, 0.25) is 0 Å². The van der Waals surface area contributed by atoms with Gasteiger partial charge in [0, 0.05) is 9.17 Å². The van der Waals surface area contributed by atoms with Gasteiger partial charge in [0.1, 0.15) is 0 Å². The number of hydrogen-bond acceptors (Lipinski definition) is 2. The van der Waals surface area contributed by atoms with E-state index in [1.807, 2.05) is 55.5 Å². The molecule has 0 aliphatic carbocycles. The Balaban J connectivity index is 1.91. The Morgan fingerprint density at radius 2 is 1.95 bits per heavy atom. The summed E-state index contributed by atoms with van der Waals surface area (Å²) < 4.78 is 2.05. The van der Waals surface area contributed by atoms with E-state index in [1.54, 1.807) is 0 Å². The second kappa shape index (κ2) is 5.38. The third kappa shape index (κ3) is 2.49. The lowest BCUT2D eigenvalue weighted by Gasteiger charge is -2.07. The minimum atomic E-state index is -0.0718. The highest BCUT2D eigenvalue weighted by molar-refractivity contribution is 9.10. The summed E-state index contributed by atoms with van der Waals surface area (Å²) in [5, 5.41) is 4.06. The quantitative estimate of drug-likeness (QED) is 0.677. The number of hydrogen-bond donors (Lipinski definition) is 1. The fraction of sp³-hybridized carbons (Fsp3) is 0.0625. The van der Waals surface area contributed by atoms with E-state index in [1.165, 1.54) is 11.3 Å². The number of thiophene rings is 1. The van der Waals surface area contributed by atoms with E-state index in [-0.39, 0.29) is 5.91 Å². The molecule has 2 aromatic carbocycles. The molecule has 0 saturated carbocycles. The van der Waals surface area contributed by atoms with Crippen molar-refractivity contribution in [3.63, 3.8) is 0 Å². The van der Waals surface area contributed by atoms with Crippen LogP contribution < -0.4 is 5.32 Å². The highest BCUT2D eigenvalue weighted by atomic mass is 79.9. The largest absolute Gasteiger partial charge is 0.320 e. The predicted molar refractivity (Wildman–Crippen MR) is 88.7 cm³/mol. The Bertz CT molecular complexity index is 761. The first-order chi connectivity index (χ1) is 9.65. The van der Waals surface area contributed by atoms with E-state index >= 15 is 0 Å². The molecule has 20 heavy (non-hydrogen) atoms. The molecule has 3 rings (SSSR count). The molecular weight excluding hydrogens is 334 g/mol. The van der Waals surface area contributed by atoms with E-state index in [4.69, 9.17) is 0 Å². The van der Waals surface area contributed by atoms with E-state index in [9.17, 15) is 4.79 Å². The van der Waals surface area contributed by atoms with Crippen molar-refractivity contribution in [3.05, 3.63) is 63.4 Å². The van der Waals surface area contributed by atoms with Gasteiger partial charge in [0.15, 0.2) is 0 Å². The highest BCUT2D eigenvalue weighted by Crippen LogP contribution is 2.29. The summed E-state index contributed by atoms with van der Waals surface area (Å²) in [6.45, 7) is 2.00. The summed E-state index contributed by atoms with van der Waals surface area (Å²) >= 11 is 5.01. The molecule has 0 aliphatic rings. The molecular formula is C16H12BrNOS. The van der Waals surface area contributed by atoms with Gasteiger partial charge in [0.05, 0.1) is 10.6 Å². The minimum absolute atomic E-state index is 0.0718. The first-order valence-electron chi connectivity index (χ1n) is 6.20. The van der Waals surface area contributed by atoms with Gasteiger partial charge in [-0.1, -0.05) is 30.3 Å². The van der Waals surface area contributed by atoms with Crippen molar-refractivity contribution in [1.29, 1.82) is 0 Å². The Morgan fingerprint density at radius 1 is 1.15 bits per heavy atom. The van der Waals surface area contributed by atoms with Gasteiger partial charge in [-0.25, -0.2) is 0 Å². The van der Waals surface area contributed by atoms with Gasteiger partial charge in [0.2, 0.25) is 0 Å². The zero-order chi connectivity index (χ0) is 14.1. The molecule has 3 aromatic rings. The summed E-state index contributed by atoms with van der Waals surface area (Å²) in [6, 6.07) is 15.8. The Kier molecular flexibility index (Phi) is 3.59. The number of fused-ring (bicyclic) bond motifs is 1. The average Bonchev–Trinajstić information content (AvgIpc) is 2.88. The van der Waals surface area contributed by atoms with Gasteiger partial charge in [-0.3, -0.25) is 4.79 Å². The summed E-state index contributed by atoms with van der Waals surface area (Å²) in [5.74, 6) is -0.0718. The van der Waals surface area contributed by atoms with Gasteiger partial charge >= 0.3 is 0 Å². The number of carbonyl (C=O) groups excluding carboxylic acids is 1. The maximum atomic E-state index is 12.3. The lowest BCUT2D eigenvalue weighted by molar-refractivity contribution is 0.103. The van der Waals surface area contributed by atoms with Crippen LogP contribution in [0.15, 0.2) is 53.0 Å². The van der Waals surface area contributed by atoms with Gasteiger partial charge in [-0.05, 0) is 52.0 Å². The van der Waals surface area contributed by atoms with Gasteiger partial charge in [0.25, 0.3) is 5.91 Å². The van der Waals surface area contributed by atoms with Crippen LogP contribution >= 0.6 is 27.3 Å². The fourth-order valence-corrected chi connectivity index (χ4v) is 3.34. The summed E-state index contributed by atoms with van der Waals surface area (Å²) in [6.07, 6.45) is 0. The minimum Gasteiger partial charge on any atom is -0.320 e. The normalized spacial score (nSPS) is 10.7. The van der Waals surface area contributed by atoms with Crippen molar-refractivity contribution in [2.24, 2.45) is 0 Å². The molecule has 1 aromatic heterocycles. The molecule has 0 radical (unpaired) electrons. The molecule has 100 valence electrons. The second-order valence-corrected chi connectivity index (χ2v) is 6.42. The van der Waals surface area contributed by atoms with Crippen molar-refractivity contribution in [1.82, 2.24) is 0 Å². The van der Waals surface area contributed by atoms with E-state index in [0.717, 1.165) is 30.7 Å². The molecule has 0 fully saturated rings. The van der Waals surface area contributed by atoms with Crippen LogP contribution in [-0.2, 0) is 0 Å². The molecule has 1 N–H and O–H groups in total. The SMILES string of the molecule is Cc1cccc(NC(=O)c2cc3ccccc3s2)c1Br. The number of rotatable bonds is 2. The fourth-order valence-electron chi connectivity index (χ4n) is 2.02. The van der Waals surface area contributed by atoms with E-state index in [2.05, 4.69) is 21.2 Å². The topological polar surface area (TPSA) is 29.1 Å². The molecule has 1 heterocycles. The predicted octanol–water partition coefficient (Wildman–Crippen LogP) is 5.22. The van der Waals surface area contributed by atoms with E-state index < -0.39 is 0 Å². The lowest BCUT2D eigenvalue weighted by Crippen LogP contribution is -2.10. The van der Waals surface area contributed by atoms with Crippen LogP contribution in [0.4, 0.5) is 5.69 Å². The van der Waals surface area contributed by atoms with Crippen molar-refractivity contribution in [2.75, 3.05) is 5.32 Å². The number of nitrogens with one attached hydrogen (secondary N) is 1. The number of amides is 1. The Labute approximate surface area is 129 Å². The first kappa shape index (κ1) is 13.3. The van der Waals surface area contributed by atoms with Crippen LogP contribution in [0.3, 0.4) is 0 Å². The van der Waals surface area contributed by atoms with Gasteiger partial charge in [-0.2, -0.15) is 0 Å². The summed E-state index contributed by atoms with van der Waals surface area (Å²) in [5.41, 5.74) is 1.89. The van der Waals surface area contributed by atoms with Crippen LogP contribution in [0.5, 0.6) is 0 Å². The average molecular weight is 346 g/mol. The van der Waals surface area contributed by atoms with Crippen LogP contribution in [0.25, 0.3) is 10.1 Å². The smallest absolute Gasteiger partial charge is 0.265 e. The maximum absolute atomic E-state index is 12.3. The number of carbonyl (C=O) groups is 1. The van der Waals surface area contributed by atoms with Crippen LogP contribution in [0.1, 0.15) is 15.2 Å². The van der Waals surface area contributed by atoms with Crippen molar-refractivity contribution < 1.29 is 4.79 Å². The molecule has 0 spiro atoms. The maximum Gasteiger partial charge on any atom is 0.265 e. The molecule has 0 saturated heterocycles. The molecule has 0 aliphatic heterocycles. The number of benzene rings is 2. The molecule has 2 nitrogen and oxygen atoms in total. The van der Waals surface area contributed by atoms with Crippen molar-refractivity contribution >= 4 is 48.9 Å². The lowest BCUT2D eigenvalue weighted by atomic mass is 10.2. The second-order valence-electron chi connectivity index (χ2n) is 4.54. The summed E-state index contributed by atoms with van der Waals surface area (Å²) in [7, 11) is 0. The molecule has 0 bridgehead atoms. The standard InChI is InChI=1S/C16H12BrNOS/c1-10-5-4-7-12(15(10)17)18-16(19)14-9-11-6-2-3-8-13(11)20-14/h2-9H,1H3,(H,18,19). The van der Waals surface area contributed by atoms with Crippen molar-refractivity contribution in [3.8, 4) is 0 Å². The summed E-state index contributed by atoms with van der Waals surface area (Å²) in [4.78, 5) is 13.0. The van der Waals surface area contributed by atoms with Gasteiger partial charge in [-0.15, -0.1) is 11.3 Å². The number of halogens is 1. The zero-order valence-electron chi connectivity index (χ0n) is 10.8. The van der Waals surface area contributed by atoms with E-state index in [0.29, 0.717) is 0 Å².